The lowest BCUT2D eigenvalue weighted by Gasteiger charge is -2.11. The van der Waals surface area contributed by atoms with Gasteiger partial charge in [0.2, 0.25) is 0 Å². The van der Waals surface area contributed by atoms with Crippen LogP contribution < -0.4 is 0 Å². The average molecular weight is 729 g/mol. The molecule has 0 amide bonds. The molecule has 0 atom stereocenters. The first-order valence-corrected chi connectivity index (χ1v) is 19.0. The number of rotatable bonds is 6. The molecule has 57 heavy (non-hydrogen) atoms. The molecule has 0 saturated carbocycles. The van der Waals surface area contributed by atoms with E-state index in [1.165, 1.54) is 0 Å². The van der Waals surface area contributed by atoms with E-state index in [1.54, 1.807) is 0 Å². The number of furan rings is 1. The molecule has 3 heterocycles. The van der Waals surface area contributed by atoms with E-state index in [9.17, 15) is 0 Å². The van der Waals surface area contributed by atoms with E-state index < -0.39 is 0 Å². The van der Waals surface area contributed by atoms with Crippen molar-refractivity contribution in [2.45, 2.75) is 0 Å². The first-order valence-electron chi connectivity index (χ1n) is 19.0. The fourth-order valence-electron chi connectivity index (χ4n) is 7.87. The van der Waals surface area contributed by atoms with Gasteiger partial charge in [-0.2, -0.15) is 0 Å². The predicted molar refractivity (Wildman–Crippen MR) is 233 cm³/mol. The van der Waals surface area contributed by atoms with E-state index in [0.717, 1.165) is 93.8 Å². The number of fused-ring (bicyclic) bond motifs is 7. The van der Waals surface area contributed by atoms with Gasteiger partial charge in [0.05, 0.1) is 5.52 Å². The maximum Gasteiger partial charge on any atom is 0.164 e. The zero-order valence-electron chi connectivity index (χ0n) is 30.7. The molecular formula is C52H32N4O. The summed E-state index contributed by atoms with van der Waals surface area (Å²) in [5.74, 6) is 1.88. The van der Waals surface area contributed by atoms with Gasteiger partial charge in [0.15, 0.2) is 23.1 Å². The van der Waals surface area contributed by atoms with Crippen molar-refractivity contribution in [3.05, 3.63) is 194 Å². The Bertz CT molecular complexity index is 3270. The summed E-state index contributed by atoms with van der Waals surface area (Å²) in [5.41, 5.74) is 11.7. The van der Waals surface area contributed by atoms with Gasteiger partial charge in [-0.05, 0) is 39.8 Å². The average Bonchev–Trinajstić information content (AvgIpc) is 3.69. The van der Waals surface area contributed by atoms with Crippen LogP contribution in [0.25, 0.3) is 111 Å². The SMILES string of the molecule is c1ccc(-c2cccc(-c3nc(-c4ccccc4)nc(-c4ccc(-c5ccc(-c6nc7c8ccccc8ccc7c7c6oc6ccccc67)cc5)cc4)n3)c2)cc1. The Morgan fingerprint density at radius 2 is 0.825 bits per heavy atom. The Kier molecular flexibility index (Phi) is 7.74. The number of hydrogen-bond donors (Lipinski definition) is 0. The molecule has 11 rings (SSSR count). The third-order valence-corrected chi connectivity index (χ3v) is 10.7. The Labute approximate surface area is 328 Å². The first kappa shape index (κ1) is 32.7. The zero-order valence-corrected chi connectivity index (χ0v) is 30.7. The first-order chi connectivity index (χ1) is 28.2. The van der Waals surface area contributed by atoms with Gasteiger partial charge < -0.3 is 4.42 Å². The van der Waals surface area contributed by atoms with Gasteiger partial charge >= 0.3 is 0 Å². The molecular weight excluding hydrogens is 697 g/mol. The van der Waals surface area contributed by atoms with Crippen molar-refractivity contribution in [2.24, 2.45) is 0 Å². The van der Waals surface area contributed by atoms with Crippen LogP contribution in [0.15, 0.2) is 199 Å². The summed E-state index contributed by atoms with van der Waals surface area (Å²) in [5, 5.41) is 5.57. The zero-order chi connectivity index (χ0) is 37.7. The van der Waals surface area contributed by atoms with Crippen LogP contribution >= 0.6 is 0 Å². The number of benzene rings is 8. The van der Waals surface area contributed by atoms with Crippen LogP contribution in [0.5, 0.6) is 0 Å². The van der Waals surface area contributed by atoms with Crippen LogP contribution in [-0.4, -0.2) is 19.9 Å². The summed E-state index contributed by atoms with van der Waals surface area (Å²) in [6, 6.07) is 66.9. The molecule has 0 saturated heterocycles. The Morgan fingerprint density at radius 3 is 1.54 bits per heavy atom. The van der Waals surface area contributed by atoms with E-state index in [2.05, 4.69) is 146 Å². The predicted octanol–water partition coefficient (Wildman–Crippen LogP) is 13.5. The fourth-order valence-corrected chi connectivity index (χ4v) is 7.87. The quantitative estimate of drug-likeness (QED) is 0.160. The fraction of sp³-hybridized carbons (Fsp3) is 0. The van der Waals surface area contributed by atoms with Gasteiger partial charge in [-0.1, -0.05) is 182 Å². The summed E-state index contributed by atoms with van der Waals surface area (Å²) in [4.78, 5) is 20.3. The van der Waals surface area contributed by atoms with Crippen LogP contribution in [0, 0.1) is 0 Å². The molecule has 8 aromatic carbocycles. The Morgan fingerprint density at radius 1 is 0.316 bits per heavy atom. The maximum atomic E-state index is 6.55. The number of pyridine rings is 1. The molecule has 0 unspecified atom stereocenters. The van der Waals surface area contributed by atoms with Crippen molar-refractivity contribution in [3.63, 3.8) is 0 Å². The maximum absolute atomic E-state index is 6.55. The van der Waals surface area contributed by atoms with Gasteiger partial charge in [-0.3, -0.25) is 0 Å². The highest BCUT2D eigenvalue weighted by molar-refractivity contribution is 6.24. The van der Waals surface area contributed by atoms with Gasteiger partial charge in [0.1, 0.15) is 11.3 Å². The van der Waals surface area contributed by atoms with Crippen molar-refractivity contribution in [3.8, 4) is 67.7 Å². The van der Waals surface area contributed by atoms with Gasteiger partial charge in [-0.25, -0.2) is 19.9 Å². The second-order valence-electron chi connectivity index (χ2n) is 14.2. The summed E-state index contributed by atoms with van der Waals surface area (Å²) < 4.78 is 6.55. The molecule has 5 heteroatoms. The standard InChI is InChI=1S/C52H32N4O/c1-3-12-33(13-4-1)40-17-11-18-41(32-40)52-55-50(38-15-5-2-6-16-38)54-51(56-52)39-28-24-35(25-29-39)34-22-26-37(27-23-34)47-49-46(43-20-9-10-21-45(43)57-49)44-31-30-36-14-7-8-19-42(36)48(44)53-47/h1-32H. The molecule has 3 aromatic heterocycles. The Balaban J connectivity index is 0.966. The molecule has 0 N–H and O–H groups in total. The minimum Gasteiger partial charge on any atom is -0.454 e. The number of aromatic nitrogens is 4. The highest BCUT2D eigenvalue weighted by atomic mass is 16.3. The van der Waals surface area contributed by atoms with E-state index in [4.69, 9.17) is 24.4 Å². The molecule has 0 aliphatic rings. The lowest BCUT2D eigenvalue weighted by atomic mass is 9.98. The van der Waals surface area contributed by atoms with Crippen LogP contribution in [0.3, 0.4) is 0 Å². The molecule has 0 radical (unpaired) electrons. The highest BCUT2D eigenvalue weighted by Gasteiger charge is 2.19. The van der Waals surface area contributed by atoms with Crippen molar-refractivity contribution in [1.82, 2.24) is 19.9 Å². The molecule has 0 aliphatic carbocycles. The van der Waals surface area contributed by atoms with Gasteiger partial charge in [0, 0.05) is 43.8 Å². The Hall–Kier alpha value is -7.76. The second kappa shape index (κ2) is 13.5. The van der Waals surface area contributed by atoms with Gasteiger partial charge in [-0.15, -0.1) is 0 Å². The summed E-state index contributed by atoms with van der Waals surface area (Å²) in [7, 11) is 0. The normalized spacial score (nSPS) is 11.5. The largest absolute Gasteiger partial charge is 0.454 e. The minimum atomic E-state index is 0.621. The van der Waals surface area contributed by atoms with Crippen molar-refractivity contribution in [1.29, 1.82) is 0 Å². The molecule has 0 spiro atoms. The van der Waals surface area contributed by atoms with Crippen LogP contribution in [-0.2, 0) is 0 Å². The van der Waals surface area contributed by atoms with E-state index in [1.807, 2.05) is 48.5 Å². The van der Waals surface area contributed by atoms with E-state index in [0.29, 0.717) is 17.5 Å². The number of para-hydroxylation sites is 1. The highest BCUT2D eigenvalue weighted by Crippen LogP contribution is 2.41. The summed E-state index contributed by atoms with van der Waals surface area (Å²) in [6.45, 7) is 0. The van der Waals surface area contributed by atoms with E-state index in [-0.39, 0.29) is 0 Å². The monoisotopic (exact) mass is 728 g/mol. The van der Waals surface area contributed by atoms with Gasteiger partial charge in [0.25, 0.3) is 0 Å². The number of nitrogens with zero attached hydrogens (tertiary/aromatic N) is 4. The molecule has 0 bridgehead atoms. The third-order valence-electron chi connectivity index (χ3n) is 10.7. The number of hydrogen-bond acceptors (Lipinski definition) is 5. The summed E-state index contributed by atoms with van der Waals surface area (Å²) in [6.07, 6.45) is 0. The van der Waals surface area contributed by atoms with Crippen molar-refractivity contribution >= 4 is 43.6 Å². The molecule has 11 aromatic rings. The van der Waals surface area contributed by atoms with E-state index >= 15 is 0 Å². The lowest BCUT2D eigenvalue weighted by Crippen LogP contribution is -2.00. The van der Waals surface area contributed by atoms with Crippen LogP contribution in [0.2, 0.25) is 0 Å². The van der Waals surface area contributed by atoms with Crippen LogP contribution in [0.1, 0.15) is 0 Å². The smallest absolute Gasteiger partial charge is 0.164 e. The van der Waals surface area contributed by atoms with Crippen molar-refractivity contribution < 1.29 is 4.42 Å². The van der Waals surface area contributed by atoms with Crippen LogP contribution in [0.4, 0.5) is 0 Å². The molecule has 266 valence electrons. The second-order valence-corrected chi connectivity index (χ2v) is 14.2. The minimum absolute atomic E-state index is 0.621. The molecule has 0 fully saturated rings. The molecule has 5 nitrogen and oxygen atoms in total. The lowest BCUT2D eigenvalue weighted by molar-refractivity contribution is 0.669. The molecule has 0 aliphatic heterocycles. The third kappa shape index (κ3) is 5.81. The topological polar surface area (TPSA) is 64.7 Å². The summed E-state index contributed by atoms with van der Waals surface area (Å²) >= 11 is 0. The van der Waals surface area contributed by atoms with Crippen molar-refractivity contribution in [2.75, 3.05) is 0 Å².